The number of methoxy groups -OCH3 is 2. The Kier molecular flexibility index (Phi) is 6.28. The van der Waals surface area contributed by atoms with E-state index in [4.69, 9.17) is 18.9 Å². The second kappa shape index (κ2) is 9.26. The molecule has 2 aliphatic rings. The Morgan fingerprint density at radius 1 is 1.03 bits per heavy atom. The number of likely N-dealkylation sites (tertiary alicyclic amines) is 1. The number of anilines is 1. The SMILES string of the molecule is COc1cc(NC(=O)CN2CCCC2c2ccc3c(c2)OCCCO3)cc(OC)c1. The van der Waals surface area contributed by atoms with Crippen LogP contribution in [0.15, 0.2) is 36.4 Å². The predicted octanol–water partition coefficient (Wildman–Crippen LogP) is 3.64. The van der Waals surface area contributed by atoms with Crippen molar-refractivity contribution in [3.8, 4) is 23.0 Å². The summed E-state index contributed by atoms with van der Waals surface area (Å²) in [5.74, 6) is 2.80. The first kappa shape index (κ1) is 20.3. The van der Waals surface area contributed by atoms with Crippen LogP contribution in [0.1, 0.15) is 30.9 Å². The van der Waals surface area contributed by atoms with Crippen LogP contribution in [0.2, 0.25) is 0 Å². The third-order valence-corrected chi connectivity index (χ3v) is 5.50. The van der Waals surface area contributed by atoms with E-state index >= 15 is 0 Å². The second-order valence-corrected chi connectivity index (χ2v) is 7.53. The molecule has 2 aromatic carbocycles. The minimum absolute atomic E-state index is 0.0634. The Labute approximate surface area is 176 Å². The molecule has 160 valence electrons. The van der Waals surface area contributed by atoms with Crippen molar-refractivity contribution in [3.05, 3.63) is 42.0 Å². The number of rotatable bonds is 6. The average molecular weight is 412 g/mol. The maximum absolute atomic E-state index is 12.7. The van der Waals surface area contributed by atoms with Gasteiger partial charge in [-0.25, -0.2) is 0 Å². The first-order chi connectivity index (χ1) is 14.7. The van der Waals surface area contributed by atoms with Crippen molar-refractivity contribution in [1.29, 1.82) is 0 Å². The van der Waals surface area contributed by atoms with Gasteiger partial charge in [0.1, 0.15) is 11.5 Å². The number of carbonyl (C=O) groups excluding carboxylic acids is 1. The standard InChI is InChI=1S/C23H28N2O5/c1-27-18-12-17(13-19(14-18)28-2)24-23(26)15-25-8-3-5-20(25)16-6-7-21-22(11-16)30-10-4-9-29-21/h6-7,11-14,20H,3-5,8-10,15H2,1-2H3,(H,24,26). The molecule has 1 saturated heterocycles. The van der Waals surface area contributed by atoms with Crippen LogP contribution in [-0.2, 0) is 4.79 Å². The van der Waals surface area contributed by atoms with Crippen LogP contribution in [0.4, 0.5) is 5.69 Å². The molecule has 1 N–H and O–H groups in total. The van der Waals surface area contributed by atoms with E-state index < -0.39 is 0 Å². The lowest BCUT2D eigenvalue weighted by atomic mass is 10.0. The van der Waals surface area contributed by atoms with E-state index in [1.807, 2.05) is 6.07 Å². The Bertz CT molecular complexity index is 879. The van der Waals surface area contributed by atoms with Crippen LogP contribution in [0.5, 0.6) is 23.0 Å². The van der Waals surface area contributed by atoms with E-state index in [2.05, 4.69) is 22.3 Å². The molecule has 1 amide bonds. The number of hydrogen-bond acceptors (Lipinski definition) is 6. The highest BCUT2D eigenvalue weighted by Gasteiger charge is 2.28. The van der Waals surface area contributed by atoms with Gasteiger partial charge in [-0.3, -0.25) is 9.69 Å². The number of hydrogen-bond donors (Lipinski definition) is 1. The Morgan fingerprint density at radius 3 is 2.50 bits per heavy atom. The lowest BCUT2D eigenvalue weighted by molar-refractivity contribution is -0.117. The average Bonchev–Trinajstić information content (AvgIpc) is 3.08. The molecule has 1 fully saturated rings. The molecular weight excluding hydrogens is 384 g/mol. The molecule has 0 aromatic heterocycles. The van der Waals surface area contributed by atoms with Crippen molar-refractivity contribution >= 4 is 11.6 Å². The van der Waals surface area contributed by atoms with Gasteiger partial charge in [-0.2, -0.15) is 0 Å². The number of fused-ring (bicyclic) bond motifs is 1. The number of amides is 1. The monoisotopic (exact) mass is 412 g/mol. The van der Waals surface area contributed by atoms with Crippen molar-refractivity contribution in [3.63, 3.8) is 0 Å². The maximum atomic E-state index is 12.7. The number of nitrogens with zero attached hydrogens (tertiary/aromatic N) is 1. The molecular formula is C23H28N2O5. The summed E-state index contributed by atoms with van der Waals surface area (Å²) >= 11 is 0. The largest absolute Gasteiger partial charge is 0.497 e. The van der Waals surface area contributed by atoms with Gasteiger partial charge >= 0.3 is 0 Å². The van der Waals surface area contributed by atoms with Crippen LogP contribution in [0.25, 0.3) is 0 Å². The summed E-state index contributed by atoms with van der Waals surface area (Å²) in [7, 11) is 3.18. The predicted molar refractivity (Wildman–Crippen MR) is 114 cm³/mol. The quantitative estimate of drug-likeness (QED) is 0.781. The normalized spacial score (nSPS) is 18.5. The molecule has 4 rings (SSSR count). The Morgan fingerprint density at radius 2 is 1.77 bits per heavy atom. The number of benzene rings is 2. The third kappa shape index (κ3) is 4.62. The zero-order valence-corrected chi connectivity index (χ0v) is 17.5. The smallest absolute Gasteiger partial charge is 0.238 e. The summed E-state index contributed by atoms with van der Waals surface area (Å²) in [6, 6.07) is 11.7. The van der Waals surface area contributed by atoms with E-state index in [-0.39, 0.29) is 11.9 Å². The van der Waals surface area contributed by atoms with E-state index in [1.54, 1.807) is 32.4 Å². The molecule has 0 radical (unpaired) electrons. The van der Waals surface area contributed by atoms with Gasteiger partial charge in [0.2, 0.25) is 5.91 Å². The molecule has 0 aliphatic carbocycles. The van der Waals surface area contributed by atoms with Crippen molar-refractivity contribution in [2.24, 2.45) is 0 Å². The molecule has 30 heavy (non-hydrogen) atoms. The van der Waals surface area contributed by atoms with Gasteiger partial charge in [-0.05, 0) is 37.1 Å². The van der Waals surface area contributed by atoms with E-state index in [1.165, 1.54) is 0 Å². The number of ether oxygens (including phenoxy) is 4. The Hall–Kier alpha value is -2.93. The first-order valence-corrected chi connectivity index (χ1v) is 10.3. The minimum atomic E-state index is -0.0634. The number of carbonyl (C=O) groups is 1. The molecule has 7 nitrogen and oxygen atoms in total. The van der Waals surface area contributed by atoms with Crippen molar-refractivity contribution in [2.75, 3.05) is 45.8 Å². The highest BCUT2D eigenvalue weighted by Crippen LogP contribution is 2.37. The third-order valence-electron chi connectivity index (χ3n) is 5.50. The second-order valence-electron chi connectivity index (χ2n) is 7.53. The van der Waals surface area contributed by atoms with Crippen LogP contribution in [0.3, 0.4) is 0 Å². The summed E-state index contributed by atoms with van der Waals surface area (Å²) in [6.45, 7) is 2.54. The summed E-state index contributed by atoms with van der Waals surface area (Å²) in [5.41, 5.74) is 1.81. The fraction of sp³-hybridized carbons (Fsp3) is 0.435. The van der Waals surface area contributed by atoms with E-state index in [0.29, 0.717) is 36.9 Å². The van der Waals surface area contributed by atoms with Gasteiger partial charge in [-0.1, -0.05) is 6.07 Å². The van der Waals surface area contributed by atoms with E-state index in [9.17, 15) is 4.79 Å². The number of nitrogens with one attached hydrogen (secondary N) is 1. The van der Waals surface area contributed by atoms with Crippen LogP contribution >= 0.6 is 0 Å². The molecule has 0 bridgehead atoms. The maximum Gasteiger partial charge on any atom is 0.238 e. The van der Waals surface area contributed by atoms with E-state index in [0.717, 1.165) is 42.9 Å². The summed E-state index contributed by atoms with van der Waals surface area (Å²) in [5, 5.41) is 2.96. The molecule has 2 heterocycles. The van der Waals surface area contributed by atoms with Gasteiger partial charge in [0.25, 0.3) is 0 Å². The summed E-state index contributed by atoms with van der Waals surface area (Å²) < 4.78 is 22.1. The van der Waals surface area contributed by atoms with Gasteiger partial charge in [-0.15, -0.1) is 0 Å². The van der Waals surface area contributed by atoms with Crippen LogP contribution < -0.4 is 24.3 Å². The van der Waals surface area contributed by atoms with Crippen molar-refractivity contribution in [1.82, 2.24) is 4.90 Å². The lowest BCUT2D eigenvalue weighted by Crippen LogP contribution is -2.33. The lowest BCUT2D eigenvalue weighted by Gasteiger charge is -2.25. The van der Waals surface area contributed by atoms with Crippen molar-refractivity contribution < 1.29 is 23.7 Å². The zero-order valence-electron chi connectivity index (χ0n) is 17.5. The highest BCUT2D eigenvalue weighted by molar-refractivity contribution is 5.92. The van der Waals surface area contributed by atoms with Gasteiger partial charge in [0.05, 0.1) is 34.0 Å². The zero-order chi connectivity index (χ0) is 20.9. The summed E-state index contributed by atoms with van der Waals surface area (Å²) in [4.78, 5) is 15.0. The van der Waals surface area contributed by atoms with Crippen molar-refractivity contribution in [2.45, 2.75) is 25.3 Å². The molecule has 2 aromatic rings. The molecule has 7 heteroatoms. The van der Waals surface area contributed by atoms with Gasteiger partial charge < -0.3 is 24.3 Å². The van der Waals surface area contributed by atoms with Crippen LogP contribution in [0, 0.1) is 0 Å². The first-order valence-electron chi connectivity index (χ1n) is 10.3. The molecule has 1 unspecified atom stereocenters. The topological polar surface area (TPSA) is 69.3 Å². The minimum Gasteiger partial charge on any atom is -0.497 e. The molecule has 0 spiro atoms. The fourth-order valence-electron chi connectivity index (χ4n) is 4.04. The Balaban J connectivity index is 1.44. The fourth-order valence-corrected chi connectivity index (χ4v) is 4.04. The van der Waals surface area contributed by atoms with Crippen LogP contribution in [-0.4, -0.2) is 51.3 Å². The molecule has 1 atom stereocenters. The summed E-state index contributed by atoms with van der Waals surface area (Å²) in [6.07, 6.45) is 2.95. The van der Waals surface area contributed by atoms with Gasteiger partial charge in [0.15, 0.2) is 11.5 Å². The molecule has 2 aliphatic heterocycles. The highest BCUT2D eigenvalue weighted by atomic mass is 16.5. The van der Waals surface area contributed by atoms with Gasteiger partial charge in [0, 0.05) is 36.3 Å². The molecule has 0 saturated carbocycles.